The van der Waals surface area contributed by atoms with Gasteiger partial charge in [0.05, 0.1) is 39.3 Å². The Morgan fingerprint density at radius 3 is 2.72 bits per heavy atom. The van der Waals surface area contributed by atoms with E-state index in [1.165, 1.54) is 30.2 Å². The number of thioether (sulfide) groups is 1. The van der Waals surface area contributed by atoms with Gasteiger partial charge in [0, 0.05) is 17.7 Å². The minimum atomic E-state index is -0.534. The van der Waals surface area contributed by atoms with Crippen LogP contribution in [0.5, 0.6) is 11.5 Å². The van der Waals surface area contributed by atoms with Crippen molar-refractivity contribution >= 4 is 63.3 Å². The number of amides is 1. The standard InChI is InChI=1S/C25H16ClN3O5S2/c1-33-21-10-15(9-20(26)23(21)34-14-17-6-3-2-5-16(17)13-27)11-22-24(30)28(25(35)36-22)18-7-4-8-19(12-18)29(31)32/h2-12H,14H2,1H3/b22-11+. The van der Waals surface area contributed by atoms with Gasteiger partial charge in [0.25, 0.3) is 11.6 Å². The van der Waals surface area contributed by atoms with E-state index in [0.717, 1.165) is 11.8 Å². The van der Waals surface area contributed by atoms with Gasteiger partial charge in [-0.2, -0.15) is 5.26 Å². The molecule has 1 aliphatic rings. The zero-order valence-electron chi connectivity index (χ0n) is 18.6. The van der Waals surface area contributed by atoms with E-state index < -0.39 is 10.8 Å². The summed E-state index contributed by atoms with van der Waals surface area (Å²) in [4.78, 5) is 25.3. The highest BCUT2D eigenvalue weighted by Gasteiger charge is 2.34. The molecule has 4 rings (SSSR count). The maximum Gasteiger partial charge on any atom is 0.271 e. The van der Waals surface area contributed by atoms with Gasteiger partial charge in [-0.3, -0.25) is 19.8 Å². The van der Waals surface area contributed by atoms with Crippen LogP contribution in [0.4, 0.5) is 11.4 Å². The molecule has 3 aromatic rings. The average Bonchev–Trinajstić information content (AvgIpc) is 3.15. The van der Waals surface area contributed by atoms with Crippen molar-refractivity contribution in [1.29, 1.82) is 5.26 Å². The maximum absolute atomic E-state index is 13.1. The number of methoxy groups -OCH3 is 1. The van der Waals surface area contributed by atoms with Crippen molar-refractivity contribution in [3.05, 3.63) is 97.4 Å². The average molecular weight is 538 g/mol. The molecular weight excluding hydrogens is 522 g/mol. The van der Waals surface area contributed by atoms with Gasteiger partial charge in [0.2, 0.25) is 0 Å². The highest BCUT2D eigenvalue weighted by molar-refractivity contribution is 8.27. The van der Waals surface area contributed by atoms with Gasteiger partial charge in [0.15, 0.2) is 15.8 Å². The van der Waals surface area contributed by atoms with Crippen LogP contribution < -0.4 is 14.4 Å². The number of anilines is 1. The van der Waals surface area contributed by atoms with Gasteiger partial charge in [-0.1, -0.05) is 59.8 Å². The summed E-state index contributed by atoms with van der Waals surface area (Å²) in [6.45, 7) is 0.112. The molecule has 0 N–H and O–H groups in total. The lowest BCUT2D eigenvalue weighted by atomic mass is 10.1. The third kappa shape index (κ3) is 5.18. The molecule has 0 bridgehead atoms. The quantitative estimate of drug-likeness (QED) is 0.154. The molecule has 180 valence electrons. The molecule has 0 spiro atoms. The van der Waals surface area contributed by atoms with E-state index >= 15 is 0 Å². The van der Waals surface area contributed by atoms with Crippen molar-refractivity contribution in [2.24, 2.45) is 0 Å². The van der Waals surface area contributed by atoms with Crippen LogP contribution in [-0.4, -0.2) is 22.3 Å². The van der Waals surface area contributed by atoms with Crippen LogP contribution in [0.25, 0.3) is 6.08 Å². The van der Waals surface area contributed by atoms with Crippen LogP contribution in [-0.2, 0) is 11.4 Å². The number of ether oxygens (including phenoxy) is 2. The molecule has 1 fully saturated rings. The molecule has 1 amide bonds. The van der Waals surface area contributed by atoms with Crippen molar-refractivity contribution in [1.82, 2.24) is 0 Å². The van der Waals surface area contributed by atoms with E-state index in [1.807, 2.05) is 6.07 Å². The van der Waals surface area contributed by atoms with Crippen molar-refractivity contribution in [3.63, 3.8) is 0 Å². The Bertz CT molecular complexity index is 1470. The lowest BCUT2D eigenvalue weighted by molar-refractivity contribution is -0.384. The summed E-state index contributed by atoms with van der Waals surface area (Å²) in [5, 5.41) is 20.7. The number of halogens is 1. The van der Waals surface area contributed by atoms with Crippen molar-refractivity contribution in [2.45, 2.75) is 6.61 Å². The molecule has 0 aliphatic carbocycles. The fourth-order valence-corrected chi connectivity index (χ4v) is 5.03. The SMILES string of the molecule is COc1cc(/C=C2/SC(=S)N(c3cccc([N+](=O)[O-])c3)C2=O)cc(Cl)c1OCc1ccccc1C#N. The Balaban J connectivity index is 1.60. The Labute approximate surface area is 220 Å². The highest BCUT2D eigenvalue weighted by Crippen LogP contribution is 2.40. The summed E-state index contributed by atoms with van der Waals surface area (Å²) in [6.07, 6.45) is 1.61. The number of nitro groups is 1. The molecule has 1 heterocycles. The first-order valence-corrected chi connectivity index (χ1v) is 11.9. The predicted octanol–water partition coefficient (Wildman–Crippen LogP) is 6.11. The number of rotatable bonds is 7. The van der Waals surface area contributed by atoms with E-state index in [0.29, 0.717) is 38.8 Å². The number of thiocarbonyl (C=S) groups is 1. The number of non-ortho nitro benzene ring substituents is 1. The molecule has 0 unspecified atom stereocenters. The number of nitrogens with zero attached hydrogens (tertiary/aromatic N) is 3. The lowest BCUT2D eigenvalue weighted by Gasteiger charge is -2.14. The van der Waals surface area contributed by atoms with Gasteiger partial charge < -0.3 is 9.47 Å². The Morgan fingerprint density at radius 1 is 1.22 bits per heavy atom. The first-order chi connectivity index (χ1) is 17.3. The molecule has 0 saturated carbocycles. The van der Waals surface area contributed by atoms with Crippen LogP contribution in [0.2, 0.25) is 5.02 Å². The van der Waals surface area contributed by atoms with E-state index in [-0.39, 0.29) is 21.6 Å². The zero-order chi connectivity index (χ0) is 25.8. The van der Waals surface area contributed by atoms with Crippen molar-refractivity contribution < 1.29 is 19.2 Å². The fraction of sp³-hybridized carbons (Fsp3) is 0.0800. The Kier molecular flexibility index (Phi) is 7.55. The monoisotopic (exact) mass is 537 g/mol. The van der Waals surface area contributed by atoms with Gasteiger partial charge in [-0.05, 0) is 35.9 Å². The lowest BCUT2D eigenvalue weighted by Crippen LogP contribution is -2.27. The van der Waals surface area contributed by atoms with Crippen LogP contribution in [0.1, 0.15) is 16.7 Å². The summed E-state index contributed by atoms with van der Waals surface area (Å²) in [6, 6.07) is 18.2. The maximum atomic E-state index is 13.1. The van der Waals surface area contributed by atoms with E-state index in [4.69, 9.17) is 33.3 Å². The molecule has 0 atom stereocenters. The van der Waals surface area contributed by atoms with Gasteiger partial charge in [-0.25, -0.2) is 0 Å². The smallest absolute Gasteiger partial charge is 0.271 e. The third-order valence-corrected chi connectivity index (χ3v) is 6.73. The van der Waals surface area contributed by atoms with Crippen molar-refractivity contribution in [3.8, 4) is 17.6 Å². The molecule has 1 aliphatic heterocycles. The van der Waals surface area contributed by atoms with Gasteiger partial charge in [-0.15, -0.1) is 0 Å². The first-order valence-electron chi connectivity index (χ1n) is 10.3. The normalized spacial score (nSPS) is 14.1. The summed E-state index contributed by atoms with van der Waals surface area (Å²) in [5.41, 5.74) is 1.94. The third-order valence-electron chi connectivity index (χ3n) is 5.15. The zero-order valence-corrected chi connectivity index (χ0v) is 21.0. The minimum Gasteiger partial charge on any atom is -0.493 e. The Hall–Kier alpha value is -3.91. The summed E-state index contributed by atoms with van der Waals surface area (Å²) >= 11 is 12.9. The Morgan fingerprint density at radius 2 is 2.00 bits per heavy atom. The number of benzene rings is 3. The van der Waals surface area contributed by atoms with Crippen LogP contribution in [0.3, 0.4) is 0 Å². The molecule has 11 heteroatoms. The van der Waals surface area contributed by atoms with E-state index in [9.17, 15) is 20.2 Å². The summed E-state index contributed by atoms with van der Waals surface area (Å²) < 4.78 is 11.6. The molecule has 1 saturated heterocycles. The number of carbonyl (C=O) groups excluding carboxylic acids is 1. The highest BCUT2D eigenvalue weighted by atomic mass is 35.5. The van der Waals surface area contributed by atoms with Crippen molar-refractivity contribution in [2.75, 3.05) is 12.0 Å². The molecule has 0 aromatic heterocycles. The molecule has 3 aromatic carbocycles. The molecular formula is C25H16ClN3O5S2. The number of nitro benzene ring substituents is 1. The topological polar surface area (TPSA) is 106 Å². The summed E-state index contributed by atoms with van der Waals surface area (Å²) in [5.74, 6) is 0.236. The van der Waals surface area contributed by atoms with Crippen LogP contribution in [0.15, 0.2) is 65.6 Å². The second-order valence-corrected chi connectivity index (χ2v) is 9.47. The number of hydrogen-bond donors (Lipinski definition) is 0. The van der Waals surface area contributed by atoms with Crippen LogP contribution in [0, 0.1) is 21.4 Å². The largest absolute Gasteiger partial charge is 0.493 e. The van der Waals surface area contributed by atoms with E-state index in [2.05, 4.69) is 6.07 Å². The molecule has 8 nitrogen and oxygen atoms in total. The van der Waals surface area contributed by atoms with E-state index in [1.54, 1.807) is 42.5 Å². The first kappa shape index (κ1) is 25.2. The molecule has 36 heavy (non-hydrogen) atoms. The van der Waals surface area contributed by atoms with Gasteiger partial charge >= 0.3 is 0 Å². The minimum absolute atomic E-state index is 0.112. The number of hydrogen-bond acceptors (Lipinski definition) is 8. The van der Waals surface area contributed by atoms with Gasteiger partial charge in [0.1, 0.15) is 6.61 Å². The number of nitriles is 1. The summed E-state index contributed by atoms with van der Waals surface area (Å²) in [7, 11) is 1.47. The second kappa shape index (κ2) is 10.8. The second-order valence-electron chi connectivity index (χ2n) is 7.39. The number of carbonyl (C=O) groups is 1. The predicted molar refractivity (Wildman–Crippen MR) is 142 cm³/mol. The van der Waals surface area contributed by atoms with Crippen LogP contribution >= 0.6 is 35.6 Å². The molecule has 0 radical (unpaired) electrons. The fourth-order valence-electron chi connectivity index (χ4n) is 3.46.